The van der Waals surface area contributed by atoms with Crippen molar-refractivity contribution in [3.63, 3.8) is 0 Å². The van der Waals surface area contributed by atoms with Crippen LogP contribution in [0.1, 0.15) is 24.6 Å². The van der Waals surface area contributed by atoms with Gasteiger partial charge in [0.25, 0.3) is 5.56 Å². The lowest BCUT2D eigenvalue weighted by Gasteiger charge is -2.06. The van der Waals surface area contributed by atoms with Crippen molar-refractivity contribution >= 4 is 0 Å². The SMILES string of the molecule is CCCn1nccc1-c1nc(C)c(C)c(=O)[nH]1. The molecule has 0 bridgehead atoms. The van der Waals surface area contributed by atoms with Gasteiger partial charge >= 0.3 is 0 Å². The summed E-state index contributed by atoms with van der Waals surface area (Å²) in [5.74, 6) is 0.587. The summed E-state index contributed by atoms with van der Waals surface area (Å²) in [6.45, 7) is 6.52. The molecule has 0 fully saturated rings. The first-order valence-corrected chi connectivity index (χ1v) is 5.73. The fourth-order valence-corrected chi connectivity index (χ4v) is 1.69. The Morgan fingerprint density at radius 1 is 1.41 bits per heavy atom. The maximum atomic E-state index is 11.7. The first-order chi connectivity index (χ1) is 8.13. The zero-order valence-electron chi connectivity index (χ0n) is 10.3. The Hall–Kier alpha value is -1.91. The second-order valence-corrected chi connectivity index (χ2v) is 4.06. The largest absolute Gasteiger partial charge is 0.305 e. The van der Waals surface area contributed by atoms with Crippen LogP contribution in [-0.2, 0) is 6.54 Å². The number of aromatic amines is 1. The van der Waals surface area contributed by atoms with E-state index in [9.17, 15) is 4.79 Å². The lowest BCUT2D eigenvalue weighted by atomic mass is 10.2. The number of hydrogen-bond acceptors (Lipinski definition) is 3. The van der Waals surface area contributed by atoms with Crippen LogP contribution in [-0.4, -0.2) is 19.7 Å². The maximum Gasteiger partial charge on any atom is 0.254 e. The van der Waals surface area contributed by atoms with Crippen molar-refractivity contribution in [1.29, 1.82) is 0 Å². The van der Waals surface area contributed by atoms with Crippen LogP contribution in [0.25, 0.3) is 11.5 Å². The van der Waals surface area contributed by atoms with Crippen molar-refractivity contribution in [3.05, 3.63) is 33.9 Å². The third kappa shape index (κ3) is 2.13. The molecule has 0 aliphatic heterocycles. The highest BCUT2D eigenvalue weighted by molar-refractivity contribution is 5.49. The number of rotatable bonds is 3. The summed E-state index contributed by atoms with van der Waals surface area (Å²) >= 11 is 0. The normalized spacial score (nSPS) is 10.8. The van der Waals surface area contributed by atoms with E-state index in [4.69, 9.17) is 0 Å². The van der Waals surface area contributed by atoms with Crippen LogP contribution < -0.4 is 5.56 Å². The second kappa shape index (κ2) is 4.53. The summed E-state index contributed by atoms with van der Waals surface area (Å²) in [4.78, 5) is 18.9. The van der Waals surface area contributed by atoms with E-state index in [2.05, 4.69) is 22.0 Å². The number of H-pyrrole nitrogens is 1. The van der Waals surface area contributed by atoms with Crippen molar-refractivity contribution in [2.24, 2.45) is 0 Å². The number of hydrogen-bond donors (Lipinski definition) is 1. The van der Waals surface area contributed by atoms with E-state index in [0.29, 0.717) is 11.4 Å². The average molecular weight is 232 g/mol. The van der Waals surface area contributed by atoms with Gasteiger partial charge in [-0.1, -0.05) is 6.92 Å². The minimum absolute atomic E-state index is 0.0863. The molecule has 0 saturated carbocycles. The standard InChI is InChI=1S/C12H16N4O/c1-4-7-16-10(5-6-13-16)11-14-9(3)8(2)12(17)15-11/h5-6H,4,7H2,1-3H3,(H,14,15,17). The van der Waals surface area contributed by atoms with Gasteiger partial charge in [-0.25, -0.2) is 4.98 Å². The maximum absolute atomic E-state index is 11.7. The molecule has 5 heteroatoms. The van der Waals surface area contributed by atoms with Crippen molar-refractivity contribution in [1.82, 2.24) is 19.7 Å². The Labute approximate surface area is 99.5 Å². The summed E-state index contributed by atoms with van der Waals surface area (Å²) in [6.07, 6.45) is 2.71. The van der Waals surface area contributed by atoms with E-state index in [-0.39, 0.29) is 5.56 Å². The topological polar surface area (TPSA) is 63.6 Å². The van der Waals surface area contributed by atoms with Crippen LogP contribution >= 0.6 is 0 Å². The molecule has 0 unspecified atom stereocenters. The lowest BCUT2D eigenvalue weighted by molar-refractivity contribution is 0.606. The van der Waals surface area contributed by atoms with Gasteiger partial charge in [0.15, 0.2) is 5.82 Å². The van der Waals surface area contributed by atoms with Crippen LogP contribution in [0, 0.1) is 13.8 Å². The van der Waals surface area contributed by atoms with Gasteiger partial charge in [-0.3, -0.25) is 9.48 Å². The molecule has 5 nitrogen and oxygen atoms in total. The molecule has 0 amide bonds. The van der Waals surface area contributed by atoms with E-state index in [0.717, 1.165) is 24.4 Å². The van der Waals surface area contributed by atoms with Crippen LogP contribution in [0.2, 0.25) is 0 Å². The third-order valence-corrected chi connectivity index (χ3v) is 2.79. The summed E-state index contributed by atoms with van der Waals surface area (Å²) in [6, 6.07) is 1.86. The number of nitrogens with zero attached hydrogens (tertiary/aromatic N) is 3. The number of aryl methyl sites for hydroxylation is 2. The highest BCUT2D eigenvalue weighted by atomic mass is 16.1. The first kappa shape index (κ1) is 11.6. The van der Waals surface area contributed by atoms with Gasteiger partial charge in [0.05, 0.1) is 0 Å². The molecule has 17 heavy (non-hydrogen) atoms. The van der Waals surface area contributed by atoms with Crippen molar-refractivity contribution < 1.29 is 0 Å². The van der Waals surface area contributed by atoms with Crippen molar-refractivity contribution in [2.75, 3.05) is 0 Å². The highest BCUT2D eigenvalue weighted by Crippen LogP contribution is 2.14. The van der Waals surface area contributed by atoms with E-state index in [1.807, 2.05) is 17.7 Å². The molecule has 0 aliphatic rings. The van der Waals surface area contributed by atoms with Crippen LogP contribution in [0.3, 0.4) is 0 Å². The monoisotopic (exact) mass is 232 g/mol. The van der Waals surface area contributed by atoms with E-state index >= 15 is 0 Å². The van der Waals surface area contributed by atoms with Crippen LogP contribution in [0.5, 0.6) is 0 Å². The van der Waals surface area contributed by atoms with Gasteiger partial charge < -0.3 is 4.98 Å². The molecule has 2 heterocycles. The molecule has 0 radical (unpaired) electrons. The molecule has 0 saturated heterocycles. The molecule has 90 valence electrons. The number of nitrogens with one attached hydrogen (secondary N) is 1. The Morgan fingerprint density at radius 2 is 2.18 bits per heavy atom. The summed E-state index contributed by atoms with van der Waals surface area (Å²) < 4.78 is 1.85. The predicted molar refractivity (Wildman–Crippen MR) is 65.8 cm³/mol. The quantitative estimate of drug-likeness (QED) is 0.875. The van der Waals surface area contributed by atoms with Gasteiger partial charge in [0.1, 0.15) is 5.69 Å². The van der Waals surface area contributed by atoms with E-state index < -0.39 is 0 Å². The molecule has 0 aromatic carbocycles. The van der Waals surface area contributed by atoms with Gasteiger partial charge in [-0.05, 0) is 26.3 Å². The predicted octanol–water partition coefficient (Wildman–Crippen LogP) is 1.66. The fraction of sp³-hybridized carbons (Fsp3) is 0.417. The summed E-state index contributed by atoms with van der Waals surface area (Å²) in [5, 5.41) is 4.22. The van der Waals surface area contributed by atoms with Gasteiger partial charge in [0.2, 0.25) is 0 Å². The minimum Gasteiger partial charge on any atom is -0.305 e. The lowest BCUT2D eigenvalue weighted by Crippen LogP contribution is -2.15. The molecule has 0 atom stereocenters. The smallest absolute Gasteiger partial charge is 0.254 e. The third-order valence-electron chi connectivity index (χ3n) is 2.79. The van der Waals surface area contributed by atoms with E-state index in [1.165, 1.54) is 0 Å². The highest BCUT2D eigenvalue weighted by Gasteiger charge is 2.09. The van der Waals surface area contributed by atoms with E-state index in [1.54, 1.807) is 13.1 Å². The van der Waals surface area contributed by atoms with Gasteiger partial charge in [-0.15, -0.1) is 0 Å². The average Bonchev–Trinajstić information content (AvgIpc) is 2.74. The second-order valence-electron chi connectivity index (χ2n) is 4.06. The number of aromatic nitrogens is 4. The van der Waals surface area contributed by atoms with Gasteiger partial charge in [-0.2, -0.15) is 5.10 Å². The summed E-state index contributed by atoms with van der Waals surface area (Å²) in [7, 11) is 0. The van der Waals surface area contributed by atoms with Crippen LogP contribution in [0.4, 0.5) is 0 Å². The molecule has 2 aromatic rings. The van der Waals surface area contributed by atoms with Crippen LogP contribution in [0.15, 0.2) is 17.1 Å². The van der Waals surface area contributed by atoms with Crippen molar-refractivity contribution in [2.45, 2.75) is 33.7 Å². The molecule has 0 aliphatic carbocycles. The molecule has 2 rings (SSSR count). The zero-order valence-corrected chi connectivity index (χ0v) is 10.3. The fourth-order valence-electron chi connectivity index (χ4n) is 1.69. The Bertz CT molecular complexity index is 582. The summed E-state index contributed by atoms with van der Waals surface area (Å²) in [5.41, 5.74) is 2.19. The van der Waals surface area contributed by atoms with Crippen molar-refractivity contribution in [3.8, 4) is 11.5 Å². The molecular formula is C12H16N4O. The Kier molecular flexibility index (Phi) is 3.08. The first-order valence-electron chi connectivity index (χ1n) is 5.73. The Morgan fingerprint density at radius 3 is 2.82 bits per heavy atom. The zero-order chi connectivity index (χ0) is 12.4. The Balaban J connectivity index is 2.53. The molecule has 1 N–H and O–H groups in total. The molecule has 2 aromatic heterocycles. The molecular weight excluding hydrogens is 216 g/mol. The minimum atomic E-state index is -0.0863. The molecule has 0 spiro atoms. The van der Waals surface area contributed by atoms with Gasteiger partial charge in [0, 0.05) is 24.0 Å².